The summed E-state index contributed by atoms with van der Waals surface area (Å²) >= 11 is 0. The molecule has 0 radical (unpaired) electrons. The fourth-order valence-electron chi connectivity index (χ4n) is 1.57. The zero-order valence-electron chi connectivity index (χ0n) is 9.48. The summed E-state index contributed by atoms with van der Waals surface area (Å²) in [7, 11) is 0. The van der Waals surface area contributed by atoms with E-state index < -0.39 is 0 Å². The van der Waals surface area contributed by atoms with Crippen molar-refractivity contribution in [2.24, 2.45) is 5.92 Å². The molecular formula is C13H19NO. The normalized spacial score (nSPS) is 10.3. The quantitative estimate of drug-likeness (QED) is 0.747. The van der Waals surface area contributed by atoms with Gasteiger partial charge in [0.1, 0.15) is 5.75 Å². The number of anilines is 1. The van der Waals surface area contributed by atoms with Crippen molar-refractivity contribution < 1.29 is 5.11 Å². The van der Waals surface area contributed by atoms with Crippen molar-refractivity contribution in [2.75, 3.05) is 18.0 Å². The second-order valence-electron chi connectivity index (χ2n) is 4.11. The predicted octanol–water partition coefficient (Wildman–Crippen LogP) is 3.04. The third-order valence-corrected chi connectivity index (χ3v) is 2.13. The first-order valence-corrected chi connectivity index (χ1v) is 5.28. The van der Waals surface area contributed by atoms with E-state index in [2.05, 4.69) is 25.3 Å². The molecule has 0 aliphatic rings. The summed E-state index contributed by atoms with van der Waals surface area (Å²) in [5.41, 5.74) is 1.05. The van der Waals surface area contributed by atoms with E-state index in [4.69, 9.17) is 0 Å². The molecule has 0 bridgehead atoms. The van der Waals surface area contributed by atoms with E-state index in [0.29, 0.717) is 11.7 Å². The molecule has 0 amide bonds. The van der Waals surface area contributed by atoms with Crippen molar-refractivity contribution in [1.29, 1.82) is 0 Å². The van der Waals surface area contributed by atoms with Crippen molar-refractivity contribution >= 4 is 5.69 Å². The lowest BCUT2D eigenvalue weighted by atomic mass is 10.2. The van der Waals surface area contributed by atoms with Crippen LogP contribution in [0.15, 0.2) is 36.9 Å². The molecule has 0 atom stereocenters. The van der Waals surface area contributed by atoms with Crippen molar-refractivity contribution in [3.05, 3.63) is 36.9 Å². The maximum absolute atomic E-state index is 9.41. The van der Waals surface area contributed by atoms with Crippen LogP contribution in [0.4, 0.5) is 5.69 Å². The maximum Gasteiger partial charge on any atom is 0.117 e. The van der Waals surface area contributed by atoms with Gasteiger partial charge >= 0.3 is 0 Å². The highest BCUT2D eigenvalue weighted by molar-refractivity contribution is 5.50. The lowest BCUT2D eigenvalue weighted by Gasteiger charge is -2.25. The van der Waals surface area contributed by atoms with Crippen LogP contribution in [0.1, 0.15) is 13.8 Å². The molecule has 15 heavy (non-hydrogen) atoms. The minimum atomic E-state index is 0.310. The van der Waals surface area contributed by atoms with E-state index in [9.17, 15) is 5.11 Å². The highest BCUT2D eigenvalue weighted by Crippen LogP contribution is 2.20. The van der Waals surface area contributed by atoms with Gasteiger partial charge in [-0.2, -0.15) is 0 Å². The number of phenolic OH excluding ortho intramolecular Hbond substituents is 1. The summed E-state index contributed by atoms with van der Waals surface area (Å²) in [4.78, 5) is 2.21. The molecule has 0 fully saturated rings. The van der Waals surface area contributed by atoms with Gasteiger partial charge in [0, 0.05) is 24.8 Å². The Morgan fingerprint density at radius 2 is 2.20 bits per heavy atom. The van der Waals surface area contributed by atoms with Crippen LogP contribution >= 0.6 is 0 Å². The molecule has 2 nitrogen and oxygen atoms in total. The average Bonchev–Trinajstić information content (AvgIpc) is 2.16. The molecule has 0 unspecified atom stereocenters. The van der Waals surface area contributed by atoms with Crippen LogP contribution in [-0.4, -0.2) is 18.2 Å². The number of hydrogen-bond acceptors (Lipinski definition) is 2. The molecule has 1 aromatic carbocycles. The fraction of sp³-hybridized carbons (Fsp3) is 0.385. The number of hydrogen-bond donors (Lipinski definition) is 1. The average molecular weight is 205 g/mol. The SMILES string of the molecule is C=CCN(CC(C)C)c1cccc(O)c1. The number of rotatable bonds is 5. The fourth-order valence-corrected chi connectivity index (χ4v) is 1.57. The molecule has 0 aliphatic carbocycles. The van der Waals surface area contributed by atoms with E-state index >= 15 is 0 Å². The van der Waals surface area contributed by atoms with E-state index in [1.165, 1.54) is 0 Å². The number of benzene rings is 1. The zero-order valence-corrected chi connectivity index (χ0v) is 9.48. The van der Waals surface area contributed by atoms with Gasteiger partial charge in [-0.25, -0.2) is 0 Å². The molecule has 0 saturated heterocycles. The number of aromatic hydroxyl groups is 1. The minimum Gasteiger partial charge on any atom is -0.508 e. The Labute approximate surface area is 91.9 Å². The first-order chi connectivity index (χ1) is 7.13. The van der Waals surface area contributed by atoms with Gasteiger partial charge in [-0.1, -0.05) is 26.0 Å². The van der Waals surface area contributed by atoms with Crippen LogP contribution in [0.2, 0.25) is 0 Å². The van der Waals surface area contributed by atoms with E-state index in [0.717, 1.165) is 18.8 Å². The smallest absolute Gasteiger partial charge is 0.117 e. The monoisotopic (exact) mass is 205 g/mol. The molecule has 1 N–H and O–H groups in total. The maximum atomic E-state index is 9.41. The zero-order chi connectivity index (χ0) is 11.3. The topological polar surface area (TPSA) is 23.5 Å². The third-order valence-electron chi connectivity index (χ3n) is 2.13. The minimum absolute atomic E-state index is 0.310. The first kappa shape index (κ1) is 11.6. The third kappa shape index (κ3) is 3.66. The molecule has 2 heteroatoms. The molecule has 0 heterocycles. The van der Waals surface area contributed by atoms with Gasteiger partial charge in [-0.05, 0) is 18.1 Å². The van der Waals surface area contributed by atoms with Crippen molar-refractivity contribution in [1.82, 2.24) is 0 Å². The number of phenols is 1. The lowest BCUT2D eigenvalue weighted by Crippen LogP contribution is -2.27. The Morgan fingerprint density at radius 1 is 1.47 bits per heavy atom. The Balaban J connectivity index is 2.82. The van der Waals surface area contributed by atoms with Crippen molar-refractivity contribution in [2.45, 2.75) is 13.8 Å². The second-order valence-corrected chi connectivity index (χ2v) is 4.11. The van der Waals surface area contributed by atoms with Crippen molar-refractivity contribution in [3.8, 4) is 5.75 Å². The van der Waals surface area contributed by atoms with Crippen LogP contribution in [0.5, 0.6) is 5.75 Å². The van der Waals surface area contributed by atoms with Gasteiger partial charge in [0.25, 0.3) is 0 Å². The Morgan fingerprint density at radius 3 is 2.73 bits per heavy atom. The summed E-state index contributed by atoms with van der Waals surface area (Å²) < 4.78 is 0. The summed E-state index contributed by atoms with van der Waals surface area (Å²) in [6.07, 6.45) is 1.88. The van der Waals surface area contributed by atoms with Crippen LogP contribution in [0.25, 0.3) is 0 Å². The molecule has 0 aliphatic heterocycles. The Bertz CT molecular complexity index is 320. The van der Waals surface area contributed by atoms with Crippen LogP contribution < -0.4 is 4.90 Å². The predicted molar refractivity (Wildman–Crippen MR) is 65.4 cm³/mol. The Kier molecular flexibility index (Phi) is 4.22. The summed E-state index contributed by atoms with van der Waals surface area (Å²) in [6.45, 7) is 9.89. The van der Waals surface area contributed by atoms with E-state index in [1.54, 1.807) is 12.1 Å². The lowest BCUT2D eigenvalue weighted by molar-refractivity contribution is 0.475. The van der Waals surface area contributed by atoms with Crippen LogP contribution in [-0.2, 0) is 0 Å². The molecule has 0 spiro atoms. The summed E-state index contributed by atoms with van der Waals surface area (Å²) in [5.74, 6) is 0.901. The van der Waals surface area contributed by atoms with Crippen LogP contribution in [0, 0.1) is 5.92 Å². The van der Waals surface area contributed by atoms with Crippen LogP contribution in [0.3, 0.4) is 0 Å². The first-order valence-electron chi connectivity index (χ1n) is 5.28. The molecule has 1 rings (SSSR count). The standard InChI is InChI=1S/C13H19NO/c1-4-8-14(10-11(2)3)12-6-5-7-13(15)9-12/h4-7,9,11,15H,1,8,10H2,2-3H3. The second kappa shape index (κ2) is 5.44. The van der Waals surface area contributed by atoms with Gasteiger partial charge in [0.2, 0.25) is 0 Å². The van der Waals surface area contributed by atoms with Gasteiger partial charge in [0.05, 0.1) is 0 Å². The molecule has 1 aromatic rings. The van der Waals surface area contributed by atoms with Gasteiger partial charge < -0.3 is 10.0 Å². The van der Waals surface area contributed by atoms with E-state index in [-0.39, 0.29) is 0 Å². The highest BCUT2D eigenvalue weighted by atomic mass is 16.3. The Hall–Kier alpha value is -1.44. The molecule has 0 saturated carbocycles. The van der Waals surface area contributed by atoms with Gasteiger partial charge in [-0.15, -0.1) is 6.58 Å². The largest absolute Gasteiger partial charge is 0.508 e. The summed E-state index contributed by atoms with van der Waals surface area (Å²) in [5, 5.41) is 9.41. The van der Waals surface area contributed by atoms with Gasteiger partial charge in [-0.3, -0.25) is 0 Å². The van der Waals surface area contributed by atoms with E-state index in [1.807, 2.05) is 18.2 Å². The number of nitrogens with zero attached hydrogens (tertiary/aromatic N) is 1. The highest BCUT2D eigenvalue weighted by Gasteiger charge is 2.07. The molecule has 82 valence electrons. The molecular weight excluding hydrogens is 186 g/mol. The van der Waals surface area contributed by atoms with Gasteiger partial charge in [0.15, 0.2) is 0 Å². The summed E-state index contributed by atoms with van der Waals surface area (Å²) in [6, 6.07) is 7.34. The molecule has 0 aromatic heterocycles. The van der Waals surface area contributed by atoms with Crippen molar-refractivity contribution in [3.63, 3.8) is 0 Å².